The first kappa shape index (κ1) is 14.8. The van der Waals surface area contributed by atoms with Crippen molar-refractivity contribution in [3.63, 3.8) is 0 Å². The molecule has 1 aromatic heterocycles. The molecule has 1 atom stereocenters. The Labute approximate surface area is 121 Å². The molecule has 2 rings (SSSR count). The molecule has 0 aliphatic carbocycles. The van der Waals surface area contributed by atoms with Gasteiger partial charge in [0.05, 0.1) is 5.69 Å². The molecule has 1 fully saturated rings. The number of nitrogens with zero attached hydrogens (tertiary/aromatic N) is 2. The highest BCUT2D eigenvalue weighted by Crippen LogP contribution is 2.27. The topological polar surface area (TPSA) is 28.2 Å². The maximum Gasteiger partial charge on any atom is 0.185 e. The number of hydrogen-bond donors (Lipinski definition) is 1. The summed E-state index contributed by atoms with van der Waals surface area (Å²) in [6, 6.07) is 0.636. The van der Waals surface area contributed by atoms with Crippen molar-refractivity contribution in [2.75, 3.05) is 11.4 Å². The van der Waals surface area contributed by atoms with Gasteiger partial charge in [-0.3, -0.25) is 0 Å². The van der Waals surface area contributed by atoms with Gasteiger partial charge in [-0.15, -0.1) is 11.3 Å². The summed E-state index contributed by atoms with van der Waals surface area (Å²) in [5.41, 5.74) is 1.33. The van der Waals surface area contributed by atoms with Crippen LogP contribution in [0.3, 0.4) is 0 Å². The molecule has 1 saturated heterocycles. The Morgan fingerprint density at radius 3 is 2.89 bits per heavy atom. The fourth-order valence-electron chi connectivity index (χ4n) is 2.42. The maximum absolute atomic E-state index is 4.81. The third-order valence-electron chi connectivity index (χ3n) is 3.64. The lowest BCUT2D eigenvalue weighted by atomic mass is 10.1. The van der Waals surface area contributed by atoms with Crippen molar-refractivity contribution in [3.05, 3.63) is 11.1 Å². The van der Waals surface area contributed by atoms with Crippen molar-refractivity contribution in [2.45, 2.75) is 71.5 Å². The second-order valence-corrected chi connectivity index (χ2v) is 7.45. The molecule has 1 unspecified atom stereocenters. The highest BCUT2D eigenvalue weighted by atomic mass is 32.1. The van der Waals surface area contributed by atoms with Gasteiger partial charge in [0.25, 0.3) is 0 Å². The molecule has 1 N–H and O–H groups in total. The average molecular weight is 281 g/mol. The average Bonchev–Trinajstić information content (AvgIpc) is 2.69. The van der Waals surface area contributed by atoms with Crippen molar-refractivity contribution >= 4 is 16.5 Å². The predicted octanol–water partition coefficient (Wildman–Crippen LogP) is 3.80. The molecule has 0 radical (unpaired) electrons. The summed E-state index contributed by atoms with van der Waals surface area (Å²) >= 11 is 1.79. The fourth-order valence-corrected chi connectivity index (χ4v) is 3.38. The van der Waals surface area contributed by atoms with Crippen LogP contribution < -0.4 is 10.2 Å². The van der Waals surface area contributed by atoms with Gasteiger partial charge in [-0.1, -0.05) is 12.8 Å². The molecular formula is C15H27N3S. The zero-order chi connectivity index (χ0) is 13.9. The standard InChI is InChI=1S/C15H27N3S/c1-12-8-6-5-7-9-18(12)14-17-13(11-19-14)10-16-15(2,3)4/h11-12,16H,5-10H2,1-4H3. The van der Waals surface area contributed by atoms with Crippen LogP contribution in [-0.2, 0) is 6.54 Å². The van der Waals surface area contributed by atoms with Gasteiger partial charge in [-0.05, 0) is 40.5 Å². The Hall–Kier alpha value is -0.610. The summed E-state index contributed by atoms with van der Waals surface area (Å²) in [4.78, 5) is 7.31. The van der Waals surface area contributed by atoms with E-state index in [0.717, 1.165) is 6.54 Å². The monoisotopic (exact) mass is 281 g/mol. The number of hydrogen-bond acceptors (Lipinski definition) is 4. The van der Waals surface area contributed by atoms with Gasteiger partial charge < -0.3 is 10.2 Å². The molecule has 1 aliphatic heterocycles. The minimum atomic E-state index is 0.152. The van der Waals surface area contributed by atoms with Crippen LogP contribution in [0.5, 0.6) is 0 Å². The quantitative estimate of drug-likeness (QED) is 0.913. The Kier molecular flexibility index (Phi) is 4.85. The first-order valence-electron chi connectivity index (χ1n) is 7.42. The van der Waals surface area contributed by atoms with Crippen LogP contribution in [0.15, 0.2) is 5.38 Å². The number of anilines is 1. The molecule has 19 heavy (non-hydrogen) atoms. The number of thiazole rings is 1. The molecule has 1 aromatic rings. The molecular weight excluding hydrogens is 254 g/mol. The molecule has 1 aliphatic rings. The second-order valence-electron chi connectivity index (χ2n) is 6.62. The molecule has 0 bridgehead atoms. The smallest absolute Gasteiger partial charge is 0.185 e. The molecule has 2 heterocycles. The lowest BCUT2D eigenvalue weighted by Gasteiger charge is -2.26. The van der Waals surface area contributed by atoms with Gasteiger partial charge in [0, 0.05) is 30.1 Å². The number of rotatable bonds is 3. The van der Waals surface area contributed by atoms with E-state index >= 15 is 0 Å². The van der Waals surface area contributed by atoms with E-state index in [1.807, 2.05) is 0 Å². The lowest BCUT2D eigenvalue weighted by Crippen LogP contribution is -2.35. The highest BCUT2D eigenvalue weighted by molar-refractivity contribution is 7.13. The van der Waals surface area contributed by atoms with E-state index in [9.17, 15) is 0 Å². The SMILES string of the molecule is CC1CCCCCN1c1nc(CNC(C)(C)C)cs1. The highest BCUT2D eigenvalue weighted by Gasteiger charge is 2.20. The Morgan fingerprint density at radius 2 is 2.16 bits per heavy atom. The second kappa shape index (κ2) is 6.23. The predicted molar refractivity (Wildman–Crippen MR) is 84.0 cm³/mol. The molecule has 108 valence electrons. The van der Waals surface area contributed by atoms with Crippen LogP contribution in [0.1, 0.15) is 59.1 Å². The van der Waals surface area contributed by atoms with Crippen molar-refractivity contribution < 1.29 is 0 Å². The van der Waals surface area contributed by atoms with Crippen LogP contribution in [0, 0.1) is 0 Å². The van der Waals surface area contributed by atoms with Gasteiger partial charge in [0.1, 0.15) is 0 Å². The van der Waals surface area contributed by atoms with Crippen LogP contribution in [0.4, 0.5) is 5.13 Å². The van der Waals surface area contributed by atoms with E-state index in [4.69, 9.17) is 4.98 Å². The van der Waals surface area contributed by atoms with Gasteiger partial charge >= 0.3 is 0 Å². The molecule has 0 amide bonds. The Morgan fingerprint density at radius 1 is 1.37 bits per heavy atom. The molecule has 4 heteroatoms. The zero-order valence-electron chi connectivity index (χ0n) is 12.7. The summed E-state index contributed by atoms with van der Waals surface area (Å²) in [5, 5.41) is 6.91. The zero-order valence-corrected chi connectivity index (χ0v) is 13.5. The van der Waals surface area contributed by atoms with E-state index in [0.29, 0.717) is 6.04 Å². The molecule has 3 nitrogen and oxygen atoms in total. The van der Waals surface area contributed by atoms with Crippen molar-refractivity contribution in [3.8, 4) is 0 Å². The van der Waals surface area contributed by atoms with Gasteiger partial charge in [-0.2, -0.15) is 0 Å². The third-order valence-corrected chi connectivity index (χ3v) is 4.56. The molecule has 0 aromatic carbocycles. The normalized spacial score (nSPS) is 21.5. The van der Waals surface area contributed by atoms with E-state index in [1.54, 1.807) is 11.3 Å². The number of nitrogens with one attached hydrogen (secondary N) is 1. The lowest BCUT2D eigenvalue weighted by molar-refractivity contribution is 0.422. The van der Waals surface area contributed by atoms with Crippen LogP contribution in [-0.4, -0.2) is 23.1 Å². The first-order chi connectivity index (χ1) is 8.96. The largest absolute Gasteiger partial charge is 0.345 e. The Balaban J connectivity index is 1.99. The van der Waals surface area contributed by atoms with E-state index in [-0.39, 0.29) is 5.54 Å². The van der Waals surface area contributed by atoms with E-state index < -0.39 is 0 Å². The van der Waals surface area contributed by atoms with Gasteiger partial charge in [-0.25, -0.2) is 4.98 Å². The van der Waals surface area contributed by atoms with Crippen LogP contribution in [0.2, 0.25) is 0 Å². The minimum Gasteiger partial charge on any atom is -0.345 e. The van der Waals surface area contributed by atoms with Gasteiger partial charge in [0.15, 0.2) is 5.13 Å². The van der Waals surface area contributed by atoms with Crippen molar-refractivity contribution in [2.24, 2.45) is 0 Å². The Bertz CT molecular complexity index is 394. The fraction of sp³-hybridized carbons (Fsp3) is 0.800. The summed E-state index contributed by atoms with van der Waals surface area (Å²) in [6.07, 6.45) is 5.33. The first-order valence-corrected chi connectivity index (χ1v) is 8.30. The maximum atomic E-state index is 4.81. The molecule has 0 spiro atoms. The molecule has 0 saturated carbocycles. The van der Waals surface area contributed by atoms with E-state index in [2.05, 4.69) is 43.3 Å². The van der Waals surface area contributed by atoms with E-state index in [1.165, 1.54) is 43.1 Å². The minimum absolute atomic E-state index is 0.152. The summed E-state index contributed by atoms with van der Waals surface area (Å²) < 4.78 is 0. The van der Waals surface area contributed by atoms with Crippen LogP contribution in [0.25, 0.3) is 0 Å². The van der Waals surface area contributed by atoms with Crippen LogP contribution >= 0.6 is 11.3 Å². The number of aromatic nitrogens is 1. The summed E-state index contributed by atoms with van der Waals surface area (Å²) in [7, 11) is 0. The third kappa shape index (κ3) is 4.46. The van der Waals surface area contributed by atoms with Gasteiger partial charge in [0.2, 0.25) is 0 Å². The van der Waals surface area contributed by atoms with Crippen molar-refractivity contribution in [1.82, 2.24) is 10.3 Å². The summed E-state index contributed by atoms with van der Waals surface area (Å²) in [5.74, 6) is 0. The summed E-state index contributed by atoms with van der Waals surface area (Å²) in [6.45, 7) is 10.9. The van der Waals surface area contributed by atoms with Crippen molar-refractivity contribution in [1.29, 1.82) is 0 Å².